The summed E-state index contributed by atoms with van der Waals surface area (Å²) in [5.74, 6) is 0.854. The van der Waals surface area contributed by atoms with Gasteiger partial charge in [0.05, 0.1) is 4.92 Å². The van der Waals surface area contributed by atoms with Crippen molar-refractivity contribution in [2.45, 2.75) is 45.1 Å². The maximum absolute atomic E-state index is 11.1. The summed E-state index contributed by atoms with van der Waals surface area (Å²) in [5, 5.41) is 14.1. The quantitative estimate of drug-likeness (QED) is 0.657. The molecule has 1 aromatic carbocycles. The highest BCUT2D eigenvalue weighted by molar-refractivity contribution is 5.64. The third kappa shape index (κ3) is 3.65. The average molecular weight is 291 g/mol. The zero-order chi connectivity index (χ0) is 15.4. The molecule has 1 aliphatic rings. The molecule has 116 valence electrons. The Morgan fingerprint density at radius 2 is 1.95 bits per heavy atom. The second kappa shape index (κ2) is 6.78. The van der Waals surface area contributed by atoms with Crippen LogP contribution in [0.25, 0.3) is 0 Å². The minimum atomic E-state index is -0.327. The highest BCUT2D eigenvalue weighted by Gasteiger charge is 2.24. The number of anilines is 2. The Kier molecular flexibility index (Phi) is 5.04. The molecule has 0 aromatic heterocycles. The van der Waals surface area contributed by atoms with E-state index in [2.05, 4.69) is 24.2 Å². The van der Waals surface area contributed by atoms with Crippen molar-refractivity contribution in [3.63, 3.8) is 0 Å². The van der Waals surface area contributed by atoms with E-state index in [0.717, 1.165) is 17.3 Å². The van der Waals surface area contributed by atoms with Crippen molar-refractivity contribution < 1.29 is 4.92 Å². The van der Waals surface area contributed by atoms with E-state index in [1.54, 1.807) is 19.2 Å². The molecule has 0 radical (unpaired) electrons. The molecule has 5 heteroatoms. The molecule has 0 heterocycles. The Bertz CT molecular complexity index is 496. The summed E-state index contributed by atoms with van der Waals surface area (Å²) in [5.41, 5.74) is 1.85. The minimum absolute atomic E-state index is 0.144. The van der Waals surface area contributed by atoms with Crippen molar-refractivity contribution in [1.82, 2.24) is 0 Å². The minimum Gasteiger partial charge on any atom is -0.388 e. The normalized spacial score (nSPS) is 21.9. The summed E-state index contributed by atoms with van der Waals surface area (Å²) < 4.78 is 0. The largest absolute Gasteiger partial charge is 0.388 e. The van der Waals surface area contributed by atoms with Crippen molar-refractivity contribution in [2.24, 2.45) is 5.92 Å². The highest BCUT2D eigenvalue weighted by atomic mass is 16.6. The highest BCUT2D eigenvalue weighted by Crippen LogP contribution is 2.33. The molecule has 21 heavy (non-hydrogen) atoms. The Balaban J connectivity index is 2.16. The van der Waals surface area contributed by atoms with Gasteiger partial charge in [0.1, 0.15) is 0 Å². The molecule has 5 nitrogen and oxygen atoms in total. The molecule has 1 saturated carbocycles. The van der Waals surface area contributed by atoms with Crippen molar-refractivity contribution in [3.05, 3.63) is 28.3 Å². The van der Waals surface area contributed by atoms with Crippen molar-refractivity contribution in [1.29, 1.82) is 0 Å². The number of nitrogens with zero attached hydrogens (tertiary/aromatic N) is 2. The second-order valence-corrected chi connectivity index (χ2v) is 5.94. The number of hydrogen-bond acceptors (Lipinski definition) is 4. The van der Waals surface area contributed by atoms with E-state index in [1.807, 2.05) is 6.07 Å². The Morgan fingerprint density at radius 1 is 1.29 bits per heavy atom. The van der Waals surface area contributed by atoms with Crippen LogP contribution >= 0.6 is 0 Å². The number of hydrogen-bond donors (Lipinski definition) is 1. The van der Waals surface area contributed by atoms with Gasteiger partial charge in [-0.2, -0.15) is 0 Å². The lowest BCUT2D eigenvalue weighted by atomic mass is 9.84. The topological polar surface area (TPSA) is 58.4 Å². The van der Waals surface area contributed by atoms with Gasteiger partial charge in [-0.05, 0) is 37.7 Å². The Hall–Kier alpha value is -1.78. The van der Waals surface area contributed by atoms with Gasteiger partial charge in [-0.1, -0.05) is 13.3 Å². The molecule has 1 N–H and O–H groups in total. The van der Waals surface area contributed by atoms with Crippen molar-refractivity contribution in [2.75, 3.05) is 24.3 Å². The lowest BCUT2D eigenvalue weighted by Gasteiger charge is -2.35. The lowest BCUT2D eigenvalue weighted by Crippen LogP contribution is -2.35. The zero-order valence-electron chi connectivity index (χ0n) is 13.1. The molecule has 0 bridgehead atoms. The smallest absolute Gasteiger partial charge is 0.273 e. The summed E-state index contributed by atoms with van der Waals surface area (Å²) in [6.07, 6.45) is 6.13. The molecular formula is C16H25N3O2. The first-order valence-corrected chi connectivity index (χ1v) is 7.75. The van der Waals surface area contributed by atoms with Gasteiger partial charge in [-0.3, -0.25) is 10.1 Å². The summed E-state index contributed by atoms with van der Waals surface area (Å²) in [6.45, 7) is 2.26. The Labute approximate surface area is 126 Å². The molecule has 0 saturated heterocycles. The van der Waals surface area contributed by atoms with Gasteiger partial charge < -0.3 is 10.2 Å². The van der Waals surface area contributed by atoms with Crippen LogP contribution in [0.15, 0.2) is 18.2 Å². The van der Waals surface area contributed by atoms with Gasteiger partial charge in [0.2, 0.25) is 0 Å². The number of non-ortho nitro benzene ring substituents is 1. The summed E-state index contributed by atoms with van der Waals surface area (Å²) in [6, 6.07) is 5.72. The van der Waals surface area contributed by atoms with E-state index < -0.39 is 0 Å². The van der Waals surface area contributed by atoms with Crippen LogP contribution in [0.4, 0.5) is 17.1 Å². The third-order valence-electron chi connectivity index (χ3n) is 4.75. The van der Waals surface area contributed by atoms with Crippen LogP contribution in [0.5, 0.6) is 0 Å². The molecule has 0 unspecified atom stereocenters. The lowest BCUT2D eigenvalue weighted by molar-refractivity contribution is -0.384. The van der Waals surface area contributed by atoms with Crippen LogP contribution in [-0.2, 0) is 0 Å². The molecule has 1 fully saturated rings. The van der Waals surface area contributed by atoms with Gasteiger partial charge in [-0.25, -0.2) is 0 Å². The van der Waals surface area contributed by atoms with E-state index in [1.165, 1.54) is 32.1 Å². The number of rotatable bonds is 5. The van der Waals surface area contributed by atoms with Crippen LogP contribution in [0, 0.1) is 16.0 Å². The van der Waals surface area contributed by atoms with Crippen molar-refractivity contribution in [3.8, 4) is 0 Å². The molecule has 1 aliphatic carbocycles. The monoisotopic (exact) mass is 291 g/mol. The molecular weight excluding hydrogens is 266 g/mol. The molecule has 0 atom stereocenters. The SMILES string of the molecule is CCC1CCC(N(C)c2cc(NC)cc([N+](=O)[O-])c2)CC1. The maximum atomic E-state index is 11.1. The summed E-state index contributed by atoms with van der Waals surface area (Å²) >= 11 is 0. The third-order valence-corrected chi connectivity index (χ3v) is 4.75. The van der Waals surface area contributed by atoms with E-state index >= 15 is 0 Å². The number of benzene rings is 1. The fraction of sp³-hybridized carbons (Fsp3) is 0.625. The maximum Gasteiger partial charge on any atom is 0.273 e. The standard InChI is InChI=1S/C16H25N3O2/c1-4-12-5-7-14(8-6-12)18(3)15-9-13(17-2)10-16(11-15)19(20)21/h9-12,14,17H,4-8H2,1-3H3. The molecule has 2 rings (SSSR count). The van der Waals surface area contributed by atoms with Gasteiger partial charge >= 0.3 is 0 Å². The molecule has 1 aromatic rings. The molecule has 0 aliphatic heterocycles. The van der Waals surface area contributed by atoms with E-state index in [-0.39, 0.29) is 10.6 Å². The van der Waals surface area contributed by atoms with Gasteiger partial charge in [0.25, 0.3) is 5.69 Å². The first-order valence-electron chi connectivity index (χ1n) is 7.75. The molecule has 0 spiro atoms. The Morgan fingerprint density at radius 3 is 2.48 bits per heavy atom. The van der Waals surface area contributed by atoms with Crippen LogP contribution in [0.1, 0.15) is 39.0 Å². The summed E-state index contributed by atoms with van der Waals surface area (Å²) in [7, 11) is 3.84. The number of nitrogens with one attached hydrogen (secondary N) is 1. The average Bonchev–Trinajstić information content (AvgIpc) is 2.53. The van der Waals surface area contributed by atoms with Gasteiger partial charge in [0.15, 0.2) is 0 Å². The van der Waals surface area contributed by atoms with Crippen LogP contribution in [0.2, 0.25) is 0 Å². The van der Waals surface area contributed by atoms with E-state index in [4.69, 9.17) is 0 Å². The fourth-order valence-electron chi connectivity index (χ4n) is 3.20. The first-order chi connectivity index (χ1) is 10.0. The van der Waals surface area contributed by atoms with Gasteiger partial charge in [-0.15, -0.1) is 0 Å². The number of nitro groups is 1. The van der Waals surface area contributed by atoms with Crippen LogP contribution in [-0.4, -0.2) is 25.1 Å². The predicted octanol–water partition coefficient (Wildman–Crippen LogP) is 4.04. The predicted molar refractivity (Wildman–Crippen MR) is 87.1 cm³/mol. The first kappa shape index (κ1) is 15.6. The van der Waals surface area contributed by atoms with Crippen LogP contribution in [0.3, 0.4) is 0 Å². The zero-order valence-corrected chi connectivity index (χ0v) is 13.1. The van der Waals surface area contributed by atoms with E-state index in [0.29, 0.717) is 6.04 Å². The second-order valence-electron chi connectivity index (χ2n) is 5.94. The van der Waals surface area contributed by atoms with Crippen LogP contribution < -0.4 is 10.2 Å². The van der Waals surface area contributed by atoms with Gasteiger partial charge in [0, 0.05) is 43.6 Å². The summed E-state index contributed by atoms with van der Waals surface area (Å²) in [4.78, 5) is 12.9. The van der Waals surface area contributed by atoms with E-state index in [9.17, 15) is 10.1 Å². The fourth-order valence-corrected chi connectivity index (χ4v) is 3.20. The molecule has 0 amide bonds. The van der Waals surface area contributed by atoms with Crippen molar-refractivity contribution >= 4 is 17.1 Å². The number of nitro benzene ring substituents is 1.